The van der Waals surface area contributed by atoms with E-state index in [1.807, 2.05) is 12.1 Å². The summed E-state index contributed by atoms with van der Waals surface area (Å²) in [6.07, 6.45) is 0. The maximum absolute atomic E-state index is 12.3. The third-order valence-corrected chi connectivity index (χ3v) is 3.58. The molecule has 0 radical (unpaired) electrons. The van der Waals surface area contributed by atoms with Crippen molar-refractivity contribution in [3.05, 3.63) is 74.8 Å². The van der Waals surface area contributed by atoms with Gasteiger partial charge in [-0.3, -0.25) is 14.9 Å². The van der Waals surface area contributed by atoms with Gasteiger partial charge in [0.1, 0.15) is 6.61 Å². The van der Waals surface area contributed by atoms with Crippen LogP contribution in [0, 0.1) is 35.3 Å². The fourth-order valence-electron chi connectivity index (χ4n) is 2.53. The number of aryl methyl sites for hydroxylation is 2. The van der Waals surface area contributed by atoms with Crippen LogP contribution >= 0.6 is 0 Å². The lowest BCUT2D eigenvalue weighted by Crippen LogP contribution is -2.17. The number of nitrogens with zero attached hydrogens (tertiary/aromatic N) is 2. The van der Waals surface area contributed by atoms with Gasteiger partial charge < -0.3 is 4.74 Å². The Hall–Kier alpha value is -3.20. The first kappa shape index (κ1) is 17.2. The molecule has 2 aromatic carbocycles. The van der Waals surface area contributed by atoms with Crippen LogP contribution in [0.1, 0.15) is 28.2 Å². The van der Waals surface area contributed by atoms with Crippen molar-refractivity contribution >= 4 is 11.7 Å². The van der Waals surface area contributed by atoms with E-state index in [4.69, 9.17) is 4.74 Å². The third kappa shape index (κ3) is 3.76. The second-order valence-corrected chi connectivity index (χ2v) is 5.43. The summed E-state index contributed by atoms with van der Waals surface area (Å²) < 4.78 is 5.17. The van der Waals surface area contributed by atoms with Crippen LogP contribution in [0.3, 0.4) is 0 Å². The number of hydrogen-bond donors (Lipinski definition) is 0. The number of esters is 1. The van der Waals surface area contributed by atoms with Gasteiger partial charge in [0.15, 0.2) is 5.92 Å². The maximum atomic E-state index is 12.3. The van der Waals surface area contributed by atoms with Crippen LogP contribution in [0.25, 0.3) is 0 Å². The molecule has 122 valence electrons. The molecule has 0 aliphatic carbocycles. The van der Waals surface area contributed by atoms with Gasteiger partial charge in [-0.2, -0.15) is 5.26 Å². The van der Waals surface area contributed by atoms with Gasteiger partial charge >= 0.3 is 5.97 Å². The van der Waals surface area contributed by atoms with E-state index in [0.29, 0.717) is 11.1 Å². The molecule has 0 heterocycles. The zero-order chi connectivity index (χ0) is 17.7. The molecule has 0 saturated heterocycles. The number of nitro groups is 1. The zero-order valence-corrected chi connectivity index (χ0v) is 13.4. The van der Waals surface area contributed by atoms with E-state index in [0.717, 1.165) is 5.56 Å². The summed E-state index contributed by atoms with van der Waals surface area (Å²) in [4.78, 5) is 23.0. The molecular formula is C18H16N2O4. The number of nitriles is 1. The summed E-state index contributed by atoms with van der Waals surface area (Å²) in [6, 6.07) is 13.9. The number of carbonyl (C=O) groups excluding carboxylic acids is 1. The van der Waals surface area contributed by atoms with Gasteiger partial charge in [-0.05, 0) is 30.5 Å². The normalized spacial score (nSPS) is 11.4. The van der Waals surface area contributed by atoms with Gasteiger partial charge in [-0.1, -0.05) is 36.4 Å². The second kappa shape index (κ2) is 7.38. The van der Waals surface area contributed by atoms with Crippen LogP contribution in [0.4, 0.5) is 5.69 Å². The van der Waals surface area contributed by atoms with Crippen LogP contribution in [0.2, 0.25) is 0 Å². The van der Waals surface area contributed by atoms with Crippen LogP contribution in [-0.2, 0) is 16.1 Å². The summed E-state index contributed by atoms with van der Waals surface area (Å²) in [6.45, 7) is 3.37. The van der Waals surface area contributed by atoms with E-state index in [2.05, 4.69) is 0 Å². The van der Waals surface area contributed by atoms with E-state index >= 15 is 0 Å². The van der Waals surface area contributed by atoms with E-state index in [-0.39, 0.29) is 17.9 Å². The first-order valence-electron chi connectivity index (χ1n) is 7.29. The predicted octanol–water partition coefficient (Wildman–Crippen LogP) is 3.56. The number of hydrogen-bond acceptors (Lipinski definition) is 5. The Labute approximate surface area is 139 Å². The molecule has 0 fully saturated rings. The van der Waals surface area contributed by atoms with Crippen molar-refractivity contribution in [1.82, 2.24) is 0 Å². The quantitative estimate of drug-likeness (QED) is 0.476. The Bertz CT molecular complexity index is 810. The van der Waals surface area contributed by atoms with E-state index in [1.54, 1.807) is 44.2 Å². The van der Waals surface area contributed by atoms with Crippen molar-refractivity contribution in [3.8, 4) is 6.07 Å². The predicted molar refractivity (Wildman–Crippen MR) is 87.2 cm³/mol. The zero-order valence-electron chi connectivity index (χ0n) is 13.4. The number of carbonyl (C=O) groups is 1. The maximum Gasteiger partial charge on any atom is 0.328 e. The molecule has 24 heavy (non-hydrogen) atoms. The summed E-state index contributed by atoms with van der Waals surface area (Å²) in [7, 11) is 0. The van der Waals surface area contributed by atoms with E-state index in [9.17, 15) is 20.2 Å². The van der Waals surface area contributed by atoms with Gasteiger partial charge in [0.25, 0.3) is 5.69 Å². The van der Waals surface area contributed by atoms with Gasteiger partial charge in [0.2, 0.25) is 0 Å². The molecule has 0 saturated carbocycles. The van der Waals surface area contributed by atoms with Gasteiger partial charge in [-0.15, -0.1) is 0 Å². The van der Waals surface area contributed by atoms with Crippen LogP contribution in [0.5, 0.6) is 0 Å². The smallest absolute Gasteiger partial charge is 0.328 e. The fourth-order valence-corrected chi connectivity index (χ4v) is 2.53. The molecule has 0 aromatic heterocycles. The van der Waals surface area contributed by atoms with Gasteiger partial charge in [0.05, 0.1) is 16.6 Å². The summed E-state index contributed by atoms with van der Waals surface area (Å²) in [5, 5.41) is 20.7. The molecule has 0 bridgehead atoms. The Morgan fingerprint density at radius 3 is 2.54 bits per heavy atom. The Kier molecular flexibility index (Phi) is 5.27. The van der Waals surface area contributed by atoms with Crippen molar-refractivity contribution in [2.24, 2.45) is 0 Å². The lowest BCUT2D eigenvalue weighted by atomic mass is 9.92. The number of rotatable bonds is 5. The van der Waals surface area contributed by atoms with Crippen molar-refractivity contribution < 1.29 is 14.5 Å². The molecular weight excluding hydrogens is 308 g/mol. The highest BCUT2D eigenvalue weighted by Crippen LogP contribution is 2.32. The Morgan fingerprint density at radius 2 is 1.96 bits per heavy atom. The number of nitro benzene ring substituents is 1. The Balaban J connectivity index is 2.30. The molecule has 0 aliphatic heterocycles. The molecule has 0 N–H and O–H groups in total. The topological polar surface area (TPSA) is 93.2 Å². The first-order chi connectivity index (χ1) is 11.4. The fraction of sp³-hybridized carbons (Fsp3) is 0.222. The molecule has 6 heteroatoms. The van der Waals surface area contributed by atoms with Gasteiger partial charge in [-0.25, -0.2) is 0 Å². The average Bonchev–Trinajstić information content (AvgIpc) is 2.55. The molecule has 0 amide bonds. The van der Waals surface area contributed by atoms with E-state index < -0.39 is 16.8 Å². The minimum absolute atomic E-state index is 0.0105. The first-order valence-corrected chi connectivity index (χ1v) is 7.29. The van der Waals surface area contributed by atoms with Gasteiger partial charge in [0, 0.05) is 6.07 Å². The van der Waals surface area contributed by atoms with Crippen molar-refractivity contribution in [3.63, 3.8) is 0 Å². The minimum atomic E-state index is -1.34. The summed E-state index contributed by atoms with van der Waals surface area (Å²) in [5.41, 5.74) is 1.83. The number of benzene rings is 2. The Morgan fingerprint density at radius 1 is 1.29 bits per heavy atom. The molecule has 0 aliphatic rings. The van der Waals surface area contributed by atoms with Crippen LogP contribution in [0.15, 0.2) is 42.5 Å². The minimum Gasteiger partial charge on any atom is -0.460 e. The number of ether oxygens (including phenoxy) is 1. The third-order valence-electron chi connectivity index (χ3n) is 3.58. The largest absolute Gasteiger partial charge is 0.460 e. The standard InChI is InChI=1S/C18H16N2O4/c1-12-8-13(2)17(16(9-12)20(22)23)15(10-19)18(21)24-11-14-6-4-3-5-7-14/h3-9,15H,11H2,1-2H3. The molecule has 1 unspecified atom stereocenters. The summed E-state index contributed by atoms with van der Waals surface area (Å²) >= 11 is 0. The highest BCUT2D eigenvalue weighted by molar-refractivity contribution is 5.83. The lowest BCUT2D eigenvalue weighted by molar-refractivity contribution is -0.385. The molecule has 1 atom stereocenters. The van der Waals surface area contributed by atoms with Crippen LogP contribution in [-0.4, -0.2) is 10.9 Å². The molecule has 0 spiro atoms. The van der Waals surface area contributed by atoms with Crippen molar-refractivity contribution in [1.29, 1.82) is 5.26 Å². The lowest BCUT2D eigenvalue weighted by Gasteiger charge is -2.13. The highest BCUT2D eigenvalue weighted by Gasteiger charge is 2.31. The van der Waals surface area contributed by atoms with Crippen molar-refractivity contribution in [2.45, 2.75) is 26.4 Å². The average molecular weight is 324 g/mol. The second-order valence-electron chi connectivity index (χ2n) is 5.43. The SMILES string of the molecule is Cc1cc(C)c(C(C#N)C(=O)OCc2ccccc2)c([N+](=O)[O-])c1. The molecule has 6 nitrogen and oxygen atoms in total. The van der Waals surface area contributed by atoms with Crippen LogP contribution < -0.4 is 0 Å². The van der Waals surface area contributed by atoms with E-state index in [1.165, 1.54) is 6.07 Å². The highest BCUT2D eigenvalue weighted by atomic mass is 16.6. The molecule has 2 aromatic rings. The monoisotopic (exact) mass is 324 g/mol. The van der Waals surface area contributed by atoms with Crippen molar-refractivity contribution in [2.75, 3.05) is 0 Å². The summed E-state index contributed by atoms with van der Waals surface area (Å²) in [5.74, 6) is -2.13. The molecule has 2 rings (SSSR count).